The summed E-state index contributed by atoms with van der Waals surface area (Å²) in [5.41, 5.74) is 1.16. The predicted molar refractivity (Wildman–Crippen MR) is 95.3 cm³/mol. The van der Waals surface area contributed by atoms with Crippen molar-refractivity contribution in [3.63, 3.8) is 0 Å². The second kappa shape index (κ2) is 8.41. The average Bonchev–Trinajstić information content (AvgIpc) is 2.60. The van der Waals surface area contributed by atoms with Crippen LogP contribution in [0, 0.1) is 0 Å². The lowest BCUT2D eigenvalue weighted by Gasteiger charge is -2.07. The molecule has 0 aliphatic heterocycles. The molecule has 0 atom stereocenters. The number of ketones is 1. The Hall–Kier alpha value is -2.46. The lowest BCUT2D eigenvalue weighted by atomic mass is 10.1. The number of hydrogen-bond donors (Lipinski definition) is 1. The first-order valence-corrected chi connectivity index (χ1v) is 7.94. The van der Waals surface area contributed by atoms with E-state index in [1.54, 1.807) is 36.4 Å². The van der Waals surface area contributed by atoms with Crippen molar-refractivity contribution in [2.75, 3.05) is 13.7 Å². The minimum atomic E-state index is -0.150. The van der Waals surface area contributed by atoms with Gasteiger partial charge < -0.3 is 14.6 Å². The molecule has 0 fully saturated rings. The van der Waals surface area contributed by atoms with Crippen LogP contribution in [0.4, 0.5) is 0 Å². The molecule has 2 rings (SSSR count). The van der Waals surface area contributed by atoms with E-state index >= 15 is 0 Å². The molecule has 0 aliphatic rings. The maximum Gasteiger partial charge on any atom is 0.185 e. The lowest BCUT2D eigenvalue weighted by Crippen LogP contribution is -1.97. The second-order valence-corrected chi connectivity index (χ2v) is 5.52. The Morgan fingerprint density at radius 2 is 1.96 bits per heavy atom. The average molecular weight is 347 g/mol. The number of phenolic OH excluding ortho intramolecular Hbond substituents is 1. The number of halogens is 1. The largest absolute Gasteiger partial charge is 0.506 e. The van der Waals surface area contributed by atoms with Gasteiger partial charge in [0.25, 0.3) is 0 Å². The fourth-order valence-corrected chi connectivity index (χ4v) is 2.23. The summed E-state index contributed by atoms with van der Waals surface area (Å²) in [6, 6.07) is 9.94. The highest BCUT2D eigenvalue weighted by Gasteiger charge is 2.08. The quantitative estimate of drug-likeness (QED) is 0.581. The van der Waals surface area contributed by atoms with Crippen molar-refractivity contribution in [3.8, 4) is 17.2 Å². The van der Waals surface area contributed by atoms with Crippen molar-refractivity contribution in [1.82, 2.24) is 0 Å². The highest BCUT2D eigenvalue weighted by molar-refractivity contribution is 6.32. The highest BCUT2D eigenvalue weighted by atomic mass is 35.5. The zero-order chi connectivity index (χ0) is 17.5. The molecule has 0 heterocycles. The summed E-state index contributed by atoms with van der Waals surface area (Å²) in [4.78, 5) is 12.2. The van der Waals surface area contributed by atoms with Crippen LogP contribution < -0.4 is 9.47 Å². The van der Waals surface area contributed by atoms with E-state index in [4.69, 9.17) is 21.1 Å². The van der Waals surface area contributed by atoms with Crippen molar-refractivity contribution in [2.24, 2.45) is 0 Å². The van der Waals surface area contributed by atoms with Crippen LogP contribution in [0.25, 0.3) is 6.08 Å². The van der Waals surface area contributed by atoms with Gasteiger partial charge in [0.2, 0.25) is 0 Å². The van der Waals surface area contributed by atoms with Crippen molar-refractivity contribution in [3.05, 3.63) is 58.6 Å². The van der Waals surface area contributed by atoms with E-state index in [0.29, 0.717) is 23.5 Å². The van der Waals surface area contributed by atoms with Gasteiger partial charge in [-0.3, -0.25) is 4.79 Å². The van der Waals surface area contributed by atoms with E-state index in [1.807, 2.05) is 6.92 Å². The molecule has 0 aromatic heterocycles. The summed E-state index contributed by atoms with van der Waals surface area (Å²) < 4.78 is 10.7. The third-order valence-electron chi connectivity index (χ3n) is 3.33. The molecule has 24 heavy (non-hydrogen) atoms. The number of ether oxygens (including phenoxy) is 2. The van der Waals surface area contributed by atoms with E-state index in [2.05, 4.69) is 0 Å². The van der Waals surface area contributed by atoms with Crippen LogP contribution in [0.1, 0.15) is 29.3 Å². The number of carbonyl (C=O) groups excluding carboxylic acids is 1. The zero-order valence-corrected chi connectivity index (χ0v) is 14.3. The Balaban J connectivity index is 2.14. The number of aromatic hydroxyl groups is 1. The van der Waals surface area contributed by atoms with Gasteiger partial charge in [0.05, 0.1) is 18.7 Å². The van der Waals surface area contributed by atoms with Crippen LogP contribution in [0.3, 0.4) is 0 Å². The molecule has 2 aromatic carbocycles. The molecule has 0 amide bonds. The third kappa shape index (κ3) is 4.52. The summed E-state index contributed by atoms with van der Waals surface area (Å²) in [5, 5.41) is 9.78. The van der Waals surface area contributed by atoms with Gasteiger partial charge in [-0.25, -0.2) is 0 Å². The normalized spacial score (nSPS) is 10.8. The number of methoxy groups -OCH3 is 1. The van der Waals surface area contributed by atoms with E-state index in [-0.39, 0.29) is 16.6 Å². The molecule has 4 nitrogen and oxygen atoms in total. The van der Waals surface area contributed by atoms with Crippen molar-refractivity contribution in [1.29, 1.82) is 0 Å². The summed E-state index contributed by atoms with van der Waals surface area (Å²) in [6.07, 6.45) is 3.97. The van der Waals surface area contributed by atoms with Gasteiger partial charge in [0.15, 0.2) is 5.78 Å². The minimum Gasteiger partial charge on any atom is -0.506 e. The first-order valence-electron chi connectivity index (χ1n) is 7.57. The van der Waals surface area contributed by atoms with Gasteiger partial charge in [-0.2, -0.15) is 0 Å². The molecular formula is C19H19ClO4. The molecular weight excluding hydrogens is 328 g/mol. The van der Waals surface area contributed by atoms with E-state index < -0.39 is 0 Å². The van der Waals surface area contributed by atoms with Crippen molar-refractivity contribution >= 4 is 23.5 Å². The number of phenols is 1. The van der Waals surface area contributed by atoms with Gasteiger partial charge in [0, 0.05) is 17.2 Å². The minimum absolute atomic E-state index is 0.0698. The monoisotopic (exact) mass is 346 g/mol. The van der Waals surface area contributed by atoms with Gasteiger partial charge in [-0.15, -0.1) is 0 Å². The van der Waals surface area contributed by atoms with Crippen LogP contribution in [-0.4, -0.2) is 24.6 Å². The van der Waals surface area contributed by atoms with Crippen LogP contribution in [0.2, 0.25) is 5.02 Å². The molecule has 2 aromatic rings. The second-order valence-electron chi connectivity index (χ2n) is 5.12. The molecule has 5 heteroatoms. The number of carbonyl (C=O) groups is 1. The molecule has 126 valence electrons. The molecule has 0 aliphatic carbocycles. The Morgan fingerprint density at radius 3 is 2.58 bits per heavy atom. The first kappa shape index (κ1) is 17.9. The Kier molecular flexibility index (Phi) is 6.27. The van der Waals surface area contributed by atoms with Gasteiger partial charge >= 0.3 is 0 Å². The summed E-state index contributed by atoms with van der Waals surface area (Å²) in [6.45, 7) is 2.68. The predicted octanol–water partition coefficient (Wildman–Crippen LogP) is 4.74. The number of rotatable bonds is 7. The molecule has 0 unspecified atom stereocenters. The molecule has 0 bridgehead atoms. The van der Waals surface area contributed by atoms with Crippen molar-refractivity contribution in [2.45, 2.75) is 13.3 Å². The van der Waals surface area contributed by atoms with Crippen LogP contribution >= 0.6 is 11.6 Å². The van der Waals surface area contributed by atoms with E-state index in [0.717, 1.165) is 12.2 Å². The fourth-order valence-electron chi connectivity index (χ4n) is 2.06. The molecule has 0 radical (unpaired) electrons. The Bertz CT molecular complexity index is 736. The number of hydrogen-bond acceptors (Lipinski definition) is 4. The molecule has 0 saturated heterocycles. The van der Waals surface area contributed by atoms with Gasteiger partial charge in [-0.1, -0.05) is 18.5 Å². The van der Waals surface area contributed by atoms with Crippen LogP contribution in [-0.2, 0) is 0 Å². The zero-order valence-electron chi connectivity index (χ0n) is 13.6. The Morgan fingerprint density at radius 1 is 1.25 bits per heavy atom. The molecule has 1 N–H and O–H groups in total. The summed E-state index contributed by atoms with van der Waals surface area (Å²) >= 11 is 5.90. The van der Waals surface area contributed by atoms with Crippen LogP contribution in [0.5, 0.6) is 17.2 Å². The molecule has 0 saturated carbocycles. The van der Waals surface area contributed by atoms with E-state index in [9.17, 15) is 9.90 Å². The van der Waals surface area contributed by atoms with Gasteiger partial charge in [-0.05, 0) is 48.9 Å². The first-order chi connectivity index (χ1) is 11.5. The van der Waals surface area contributed by atoms with E-state index in [1.165, 1.54) is 19.3 Å². The Labute approximate surface area is 146 Å². The topological polar surface area (TPSA) is 55.8 Å². The SMILES string of the molecule is CCCOc1ccc(C(=O)/C=C/c2cc(Cl)c(O)cc2OC)cc1. The van der Waals surface area contributed by atoms with Crippen LogP contribution in [0.15, 0.2) is 42.5 Å². The molecule has 0 spiro atoms. The summed E-state index contributed by atoms with van der Waals surface area (Å²) in [7, 11) is 1.48. The smallest absolute Gasteiger partial charge is 0.185 e. The number of benzene rings is 2. The van der Waals surface area contributed by atoms with Gasteiger partial charge in [0.1, 0.15) is 17.2 Å². The standard InChI is InChI=1S/C19H19ClO4/c1-3-10-24-15-7-4-13(5-8-15)17(21)9-6-14-11-16(20)18(22)12-19(14)23-2/h4-9,11-12,22H,3,10H2,1-2H3/b9-6+. The fraction of sp³-hybridized carbons (Fsp3) is 0.211. The lowest BCUT2D eigenvalue weighted by molar-refractivity contribution is 0.104. The highest BCUT2D eigenvalue weighted by Crippen LogP contribution is 2.32. The summed E-state index contributed by atoms with van der Waals surface area (Å²) in [5.74, 6) is 0.955. The maximum absolute atomic E-state index is 12.2. The maximum atomic E-state index is 12.2. The van der Waals surface area contributed by atoms with Crippen molar-refractivity contribution < 1.29 is 19.4 Å². The number of allylic oxidation sites excluding steroid dienone is 1. The third-order valence-corrected chi connectivity index (χ3v) is 3.63.